The van der Waals surface area contributed by atoms with E-state index in [9.17, 15) is 0 Å². The van der Waals surface area contributed by atoms with E-state index >= 15 is 0 Å². The Kier molecular flexibility index (Phi) is 7.09. The first kappa shape index (κ1) is 28.6. The zero-order valence-corrected chi connectivity index (χ0v) is 26.6. The molecule has 234 valence electrons. The molecule has 8 aromatic rings. The second kappa shape index (κ2) is 12.2. The maximum absolute atomic E-state index is 4.83. The zero-order chi connectivity index (χ0) is 32.6. The SMILES string of the molecule is C1=CC(c2nnc(-c3ccc(N(c4ccccc4)c4ccccc4)cc3)n2-c2ccccc2)=CC(n2c3ccccc3c3ccccc32)N1. The zero-order valence-electron chi connectivity index (χ0n) is 26.6. The van der Waals surface area contributed by atoms with Crippen molar-refractivity contribution in [3.05, 3.63) is 188 Å². The van der Waals surface area contributed by atoms with Gasteiger partial charge >= 0.3 is 0 Å². The van der Waals surface area contributed by atoms with Gasteiger partial charge in [-0.05, 0) is 91.1 Å². The minimum atomic E-state index is -0.115. The van der Waals surface area contributed by atoms with Crippen LogP contribution in [0.2, 0.25) is 0 Å². The summed E-state index contributed by atoms with van der Waals surface area (Å²) in [5, 5.41) is 15.7. The van der Waals surface area contributed by atoms with Gasteiger partial charge in [-0.2, -0.15) is 0 Å². The highest BCUT2D eigenvalue weighted by Gasteiger charge is 2.23. The molecule has 1 N–H and O–H groups in total. The Bertz CT molecular complexity index is 2370. The number of aromatic nitrogens is 4. The molecular formula is C43H32N6. The number of nitrogens with zero attached hydrogens (tertiary/aromatic N) is 5. The molecule has 0 fully saturated rings. The van der Waals surface area contributed by atoms with Gasteiger partial charge in [-0.15, -0.1) is 10.2 Å². The van der Waals surface area contributed by atoms with E-state index in [1.165, 1.54) is 21.8 Å². The van der Waals surface area contributed by atoms with Crippen molar-refractivity contribution in [2.24, 2.45) is 0 Å². The highest BCUT2D eigenvalue weighted by molar-refractivity contribution is 6.08. The second-order valence-corrected chi connectivity index (χ2v) is 12.0. The predicted octanol–water partition coefficient (Wildman–Crippen LogP) is 10.2. The molecule has 0 saturated heterocycles. The average molecular weight is 633 g/mol. The number of benzene rings is 6. The summed E-state index contributed by atoms with van der Waals surface area (Å²) in [5.74, 6) is 1.56. The molecule has 3 heterocycles. The number of nitrogens with one attached hydrogen (secondary N) is 1. The molecule has 6 aromatic carbocycles. The van der Waals surface area contributed by atoms with Gasteiger partial charge in [-0.3, -0.25) is 4.57 Å². The number of allylic oxidation sites excluding steroid dienone is 2. The number of hydrogen-bond acceptors (Lipinski definition) is 4. The van der Waals surface area contributed by atoms with Crippen LogP contribution in [0.5, 0.6) is 0 Å². The van der Waals surface area contributed by atoms with E-state index in [-0.39, 0.29) is 6.17 Å². The minimum Gasteiger partial charge on any atom is -0.368 e. The van der Waals surface area contributed by atoms with Gasteiger partial charge < -0.3 is 14.8 Å². The van der Waals surface area contributed by atoms with Crippen LogP contribution >= 0.6 is 0 Å². The highest BCUT2D eigenvalue weighted by atomic mass is 15.3. The smallest absolute Gasteiger partial charge is 0.168 e. The van der Waals surface area contributed by atoms with Crippen LogP contribution in [0.15, 0.2) is 182 Å². The van der Waals surface area contributed by atoms with Gasteiger partial charge in [-0.1, -0.05) is 91.0 Å². The van der Waals surface area contributed by atoms with Gasteiger partial charge in [0.05, 0.1) is 11.0 Å². The molecule has 1 unspecified atom stereocenters. The molecule has 0 aliphatic carbocycles. The molecule has 49 heavy (non-hydrogen) atoms. The molecule has 1 aliphatic rings. The second-order valence-electron chi connectivity index (χ2n) is 12.0. The molecule has 9 rings (SSSR count). The van der Waals surface area contributed by atoms with Gasteiger partial charge in [0.2, 0.25) is 0 Å². The van der Waals surface area contributed by atoms with Gasteiger partial charge in [0.1, 0.15) is 6.17 Å². The van der Waals surface area contributed by atoms with Crippen LogP contribution in [-0.4, -0.2) is 19.3 Å². The Balaban J connectivity index is 1.14. The summed E-state index contributed by atoms with van der Waals surface area (Å²) in [6.45, 7) is 0. The van der Waals surface area contributed by atoms with Crippen molar-refractivity contribution < 1.29 is 0 Å². The number of rotatable bonds is 7. The molecule has 2 aromatic heterocycles. The van der Waals surface area contributed by atoms with Gasteiger partial charge in [0.25, 0.3) is 0 Å². The van der Waals surface area contributed by atoms with Crippen molar-refractivity contribution in [1.29, 1.82) is 0 Å². The first-order chi connectivity index (χ1) is 24.3. The highest BCUT2D eigenvalue weighted by Crippen LogP contribution is 2.37. The van der Waals surface area contributed by atoms with Crippen LogP contribution in [0, 0.1) is 0 Å². The average Bonchev–Trinajstić information content (AvgIpc) is 3.77. The monoisotopic (exact) mass is 632 g/mol. The van der Waals surface area contributed by atoms with E-state index in [0.717, 1.165) is 45.5 Å². The van der Waals surface area contributed by atoms with Crippen LogP contribution in [0.3, 0.4) is 0 Å². The Morgan fingerprint density at radius 1 is 0.510 bits per heavy atom. The van der Waals surface area contributed by atoms with Gasteiger partial charge in [0.15, 0.2) is 11.6 Å². The lowest BCUT2D eigenvalue weighted by Crippen LogP contribution is -2.23. The molecule has 6 heteroatoms. The summed E-state index contributed by atoms with van der Waals surface area (Å²) in [6, 6.07) is 57.0. The summed E-state index contributed by atoms with van der Waals surface area (Å²) in [7, 11) is 0. The van der Waals surface area contributed by atoms with E-state index in [1.54, 1.807) is 0 Å². The summed E-state index contributed by atoms with van der Waals surface area (Å²) in [6.07, 6.45) is 6.23. The topological polar surface area (TPSA) is 50.9 Å². The minimum absolute atomic E-state index is 0.115. The molecule has 1 aliphatic heterocycles. The Labute approximate surface area is 284 Å². The fourth-order valence-electron chi connectivity index (χ4n) is 6.90. The molecule has 0 bridgehead atoms. The van der Waals surface area contributed by atoms with E-state index in [2.05, 4.69) is 177 Å². The van der Waals surface area contributed by atoms with Gasteiger partial charge in [0, 0.05) is 44.7 Å². The van der Waals surface area contributed by atoms with E-state index in [1.807, 2.05) is 24.4 Å². The first-order valence-electron chi connectivity index (χ1n) is 16.5. The summed E-state index contributed by atoms with van der Waals surface area (Å²) >= 11 is 0. The van der Waals surface area contributed by atoms with Crippen molar-refractivity contribution >= 4 is 44.4 Å². The van der Waals surface area contributed by atoms with Crippen molar-refractivity contribution in [3.63, 3.8) is 0 Å². The Morgan fingerprint density at radius 2 is 1.02 bits per heavy atom. The third-order valence-corrected chi connectivity index (χ3v) is 9.11. The third kappa shape index (κ3) is 5.07. The van der Waals surface area contributed by atoms with Gasteiger partial charge in [-0.25, -0.2) is 0 Å². The molecule has 1 atom stereocenters. The van der Waals surface area contributed by atoms with Crippen LogP contribution in [-0.2, 0) is 0 Å². The lowest BCUT2D eigenvalue weighted by Gasteiger charge is -2.25. The summed E-state index contributed by atoms with van der Waals surface area (Å²) in [4.78, 5) is 2.26. The quantitative estimate of drug-likeness (QED) is 0.190. The molecule has 0 radical (unpaired) electrons. The largest absolute Gasteiger partial charge is 0.368 e. The fraction of sp³-hybridized carbons (Fsp3) is 0.0233. The normalized spacial score (nSPS) is 14.1. The maximum atomic E-state index is 4.83. The van der Waals surface area contributed by atoms with Crippen molar-refractivity contribution in [1.82, 2.24) is 24.6 Å². The lowest BCUT2D eigenvalue weighted by atomic mass is 10.1. The number of fused-ring (bicyclic) bond motifs is 3. The number of hydrogen-bond donors (Lipinski definition) is 1. The molecule has 0 amide bonds. The predicted molar refractivity (Wildman–Crippen MR) is 200 cm³/mol. The van der Waals surface area contributed by atoms with E-state index in [4.69, 9.17) is 10.2 Å². The van der Waals surface area contributed by atoms with Crippen molar-refractivity contribution in [2.45, 2.75) is 6.17 Å². The third-order valence-electron chi connectivity index (χ3n) is 9.11. The van der Waals surface area contributed by atoms with Crippen LogP contribution in [0.4, 0.5) is 17.1 Å². The van der Waals surface area contributed by atoms with Crippen molar-refractivity contribution in [3.8, 4) is 17.1 Å². The van der Waals surface area contributed by atoms with E-state index < -0.39 is 0 Å². The number of anilines is 3. The van der Waals surface area contributed by atoms with Crippen molar-refractivity contribution in [2.75, 3.05) is 4.90 Å². The number of para-hydroxylation sites is 5. The maximum Gasteiger partial charge on any atom is 0.168 e. The Morgan fingerprint density at radius 3 is 1.63 bits per heavy atom. The molecule has 0 spiro atoms. The summed E-state index contributed by atoms with van der Waals surface area (Å²) < 4.78 is 4.52. The standard InChI is InChI=1S/C43H32N6/c1-4-14-33(15-5-1)47(34-16-6-2-7-17-34)36-26-24-31(25-27-36)42-45-46-43(48(42)35-18-8-3-9-19-35)32-28-29-44-41(30-32)49-39-22-12-10-20-37(39)38-21-11-13-23-40(38)49/h1-30,41,44H. The number of dihydropyridines is 1. The fourth-order valence-corrected chi connectivity index (χ4v) is 6.90. The van der Waals surface area contributed by atoms with E-state index in [0.29, 0.717) is 0 Å². The van der Waals surface area contributed by atoms with Crippen LogP contribution < -0.4 is 10.2 Å². The molecular weight excluding hydrogens is 601 g/mol. The molecule has 0 saturated carbocycles. The Hall–Kier alpha value is -6.66. The first-order valence-corrected chi connectivity index (χ1v) is 16.5. The van der Waals surface area contributed by atoms with Crippen LogP contribution in [0.25, 0.3) is 44.5 Å². The lowest BCUT2D eigenvalue weighted by molar-refractivity contribution is 0.579. The summed E-state index contributed by atoms with van der Waals surface area (Å²) in [5.41, 5.74) is 8.57. The molecule has 6 nitrogen and oxygen atoms in total. The van der Waals surface area contributed by atoms with Crippen LogP contribution in [0.1, 0.15) is 12.0 Å².